The minimum absolute atomic E-state index is 0.0847. The van der Waals surface area contributed by atoms with Gasteiger partial charge in [0, 0.05) is 64.7 Å². The van der Waals surface area contributed by atoms with Crippen molar-refractivity contribution in [2.24, 2.45) is 5.90 Å². The minimum atomic E-state index is -1.30. The topological polar surface area (TPSA) is 105 Å². The molecule has 0 fully saturated rings. The van der Waals surface area contributed by atoms with E-state index < -0.39 is 11.9 Å². The molecular formula is C35H34Cl2N3O5+. The Morgan fingerprint density at radius 3 is 2.47 bits per heavy atom. The number of aromatic carboxylic acids is 1. The fourth-order valence-electron chi connectivity index (χ4n) is 8.38. The molecule has 45 heavy (non-hydrogen) atoms. The van der Waals surface area contributed by atoms with Crippen LogP contribution >= 0.6 is 23.2 Å². The van der Waals surface area contributed by atoms with Crippen molar-refractivity contribution in [2.45, 2.75) is 64.2 Å². The summed E-state index contributed by atoms with van der Waals surface area (Å²) in [6.07, 6.45) is 10.0. The predicted molar refractivity (Wildman–Crippen MR) is 173 cm³/mol. The van der Waals surface area contributed by atoms with Gasteiger partial charge in [0.1, 0.15) is 24.6 Å². The number of nitrogens with zero attached hydrogens (tertiary/aromatic N) is 2. The molecule has 3 aromatic rings. The average molecular weight is 648 g/mol. The number of carbonyl (C=O) groups excluding carboxylic acids is 1. The van der Waals surface area contributed by atoms with E-state index in [4.69, 9.17) is 33.8 Å². The second kappa shape index (κ2) is 11.0. The quantitative estimate of drug-likeness (QED) is 0.240. The number of halogens is 2. The number of carboxylic acid groups (broad SMARTS) is 1. The SMILES string of the molecule is NOC(=O)c1cc(Cl)c(C2=c3cc4c5c(c3Oc3c2cc2c6c3CCCN6CCCC2)CCC[N+]=5CCCC4)c(C(=O)O)c1Cl. The van der Waals surface area contributed by atoms with Gasteiger partial charge in [-0.25, -0.2) is 14.2 Å². The van der Waals surface area contributed by atoms with Crippen molar-refractivity contribution < 1.29 is 24.3 Å². The van der Waals surface area contributed by atoms with Gasteiger partial charge < -0.3 is 19.6 Å². The van der Waals surface area contributed by atoms with Gasteiger partial charge in [0.15, 0.2) is 0 Å². The number of hydrogen-bond acceptors (Lipinski definition) is 6. The summed E-state index contributed by atoms with van der Waals surface area (Å²) in [7, 11) is 0. The maximum absolute atomic E-state index is 13.0. The van der Waals surface area contributed by atoms with E-state index in [-0.39, 0.29) is 26.7 Å². The number of hydrogen-bond donors (Lipinski definition) is 2. The Balaban J connectivity index is 1.55. The number of benzene rings is 3. The summed E-state index contributed by atoms with van der Waals surface area (Å²) < 4.78 is 9.62. The third kappa shape index (κ3) is 4.40. The Hall–Kier alpha value is -3.59. The number of nitrogens with two attached hydrogens (primary N) is 1. The van der Waals surface area contributed by atoms with Crippen LogP contribution in [-0.4, -0.2) is 43.2 Å². The van der Waals surface area contributed by atoms with Crippen LogP contribution < -0.4 is 30.7 Å². The van der Waals surface area contributed by atoms with Gasteiger partial charge in [-0.3, -0.25) is 0 Å². The first-order valence-corrected chi connectivity index (χ1v) is 16.7. The summed E-state index contributed by atoms with van der Waals surface area (Å²) in [5.41, 5.74) is 7.45. The summed E-state index contributed by atoms with van der Waals surface area (Å²) >= 11 is 13.7. The van der Waals surface area contributed by atoms with E-state index in [1.807, 2.05) is 0 Å². The van der Waals surface area contributed by atoms with E-state index in [1.165, 1.54) is 39.4 Å². The summed E-state index contributed by atoms with van der Waals surface area (Å²) in [6, 6.07) is 5.75. The zero-order valence-corrected chi connectivity index (χ0v) is 26.5. The smallest absolute Gasteiger partial charge is 0.358 e. The lowest BCUT2D eigenvalue weighted by Crippen LogP contribution is -2.41. The van der Waals surface area contributed by atoms with Gasteiger partial charge in [0.25, 0.3) is 0 Å². The van der Waals surface area contributed by atoms with Crippen LogP contribution in [0, 0.1) is 0 Å². The van der Waals surface area contributed by atoms with Crippen molar-refractivity contribution in [2.75, 3.05) is 31.1 Å². The molecule has 0 atom stereocenters. The average Bonchev–Trinajstić information content (AvgIpc) is 3.38. The number of ether oxygens (including phenoxy) is 1. The number of rotatable bonds is 3. The minimum Gasteiger partial charge on any atom is -0.478 e. The van der Waals surface area contributed by atoms with Gasteiger partial charge in [0.05, 0.1) is 26.7 Å². The predicted octanol–water partition coefficient (Wildman–Crippen LogP) is 4.94. The molecule has 5 aliphatic rings. The van der Waals surface area contributed by atoms with E-state index in [1.54, 1.807) is 0 Å². The molecule has 232 valence electrons. The highest BCUT2D eigenvalue weighted by Crippen LogP contribution is 2.50. The molecule has 5 heterocycles. The molecule has 5 aliphatic heterocycles. The van der Waals surface area contributed by atoms with Crippen LogP contribution in [0.5, 0.6) is 11.5 Å². The Bertz CT molecular complexity index is 1970. The first-order valence-electron chi connectivity index (χ1n) is 16.0. The van der Waals surface area contributed by atoms with Gasteiger partial charge in [-0.15, -0.1) is 0 Å². The largest absolute Gasteiger partial charge is 0.478 e. The summed E-state index contributed by atoms with van der Waals surface area (Å²) in [5.74, 6) is 4.48. The lowest BCUT2D eigenvalue weighted by molar-refractivity contribution is 0.0503. The van der Waals surface area contributed by atoms with Crippen LogP contribution in [0.4, 0.5) is 5.69 Å². The highest BCUT2D eigenvalue weighted by molar-refractivity contribution is 6.40. The van der Waals surface area contributed by atoms with Crippen LogP contribution in [0.1, 0.15) is 92.6 Å². The molecule has 0 amide bonds. The Morgan fingerprint density at radius 1 is 0.889 bits per heavy atom. The molecule has 0 saturated heterocycles. The van der Waals surface area contributed by atoms with Gasteiger partial charge in [-0.05, 0) is 75.1 Å². The van der Waals surface area contributed by atoms with Crippen LogP contribution in [0.15, 0.2) is 18.2 Å². The van der Waals surface area contributed by atoms with Crippen molar-refractivity contribution in [1.29, 1.82) is 0 Å². The second-order valence-electron chi connectivity index (χ2n) is 12.7. The summed E-state index contributed by atoms with van der Waals surface area (Å²) in [6.45, 7) is 4.07. The van der Waals surface area contributed by atoms with E-state index in [9.17, 15) is 14.7 Å². The van der Waals surface area contributed by atoms with Gasteiger partial charge in [-0.1, -0.05) is 23.2 Å². The molecule has 8 nitrogen and oxygen atoms in total. The van der Waals surface area contributed by atoms with Crippen molar-refractivity contribution >= 4 is 46.4 Å². The van der Waals surface area contributed by atoms with Crippen molar-refractivity contribution in [3.8, 4) is 11.5 Å². The molecule has 3 N–H and O–H groups in total. The zero-order chi connectivity index (χ0) is 31.0. The molecule has 0 bridgehead atoms. The molecule has 3 aromatic carbocycles. The monoisotopic (exact) mass is 646 g/mol. The van der Waals surface area contributed by atoms with Crippen LogP contribution in [0.25, 0.3) is 5.57 Å². The molecule has 0 aromatic heterocycles. The maximum atomic E-state index is 13.0. The Kier molecular flexibility index (Phi) is 7.08. The maximum Gasteiger partial charge on any atom is 0.358 e. The third-order valence-corrected chi connectivity index (χ3v) is 10.9. The summed E-state index contributed by atoms with van der Waals surface area (Å²) in [5, 5.41) is 12.6. The van der Waals surface area contributed by atoms with Crippen molar-refractivity contribution in [3.05, 3.63) is 83.3 Å². The first-order chi connectivity index (χ1) is 21.9. The Labute approximate surface area is 270 Å². The zero-order valence-electron chi connectivity index (χ0n) is 24.9. The normalized spacial score (nSPS) is 18.1. The van der Waals surface area contributed by atoms with Gasteiger partial charge >= 0.3 is 11.9 Å². The number of carboxylic acids is 1. The highest BCUT2D eigenvalue weighted by atomic mass is 35.5. The van der Waals surface area contributed by atoms with Crippen molar-refractivity contribution in [3.63, 3.8) is 0 Å². The third-order valence-electron chi connectivity index (χ3n) is 10.2. The molecule has 0 saturated carbocycles. The molecule has 0 unspecified atom stereocenters. The lowest BCUT2D eigenvalue weighted by atomic mass is 9.82. The molecule has 0 radical (unpaired) electrons. The Morgan fingerprint density at radius 2 is 1.64 bits per heavy atom. The fourth-order valence-corrected chi connectivity index (χ4v) is 8.99. The molecule has 0 spiro atoms. The number of aryl methyl sites for hydroxylation is 2. The highest BCUT2D eigenvalue weighted by Gasteiger charge is 2.37. The lowest BCUT2D eigenvalue weighted by Gasteiger charge is -2.36. The van der Waals surface area contributed by atoms with Gasteiger partial charge in [0.2, 0.25) is 5.36 Å². The van der Waals surface area contributed by atoms with E-state index in [2.05, 4.69) is 26.4 Å². The number of fused-ring (bicyclic) bond motifs is 4. The first kappa shape index (κ1) is 28.9. The van der Waals surface area contributed by atoms with Crippen molar-refractivity contribution in [1.82, 2.24) is 4.58 Å². The standard InChI is InChI=1S/C35H33Cl2N3O5/c36-25-17-24(35(43)45-38)29(37)28(34(41)42)27(25)26-22-15-18-7-1-3-11-39-13-5-9-20(30(18)39)32(22)44-33-21-10-6-14-40-12-4-2-8-19(31(21)40)16-23(26)33/h15-17H,1-14,38H2/p+1. The summed E-state index contributed by atoms with van der Waals surface area (Å²) in [4.78, 5) is 32.5. The second-order valence-corrected chi connectivity index (χ2v) is 13.5. The van der Waals surface area contributed by atoms with Crippen LogP contribution in [0.2, 0.25) is 10.0 Å². The van der Waals surface area contributed by atoms with E-state index >= 15 is 0 Å². The fraction of sp³-hybridized carbons (Fsp3) is 0.400. The van der Waals surface area contributed by atoms with Gasteiger partial charge in [-0.2, -0.15) is 5.90 Å². The van der Waals surface area contributed by atoms with E-state index in [0.29, 0.717) is 5.57 Å². The molecule has 8 rings (SSSR count). The molecule has 0 aliphatic carbocycles. The molecule has 10 heteroatoms. The number of carbonyl (C=O) groups is 2. The van der Waals surface area contributed by atoms with E-state index in [0.717, 1.165) is 113 Å². The van der Waals surface area contributed by atoms with Crippen LogP contribution in [-0.2, 0) is 30.5 Å². The molecular weight excluding hydrogens is 613 g/mol. The number of anilines is 1. The van der Waals surface area contributed by atoms with Crippen LogP contribution in [0.3, 0.4) is 0 Å².